The number of carbonyl (C=O) groups is 2. The first-order chi connectivity index (χ1) is 18.8. The zero-order valence-electron chi connectivity index (χ0n) is 21.8. The standard InChI is InChI=1S/C29H29N7O3/c1-18-14-23-15-21(5-7-25(23)34-26(18)30)28(37)36(19(2)27-31-10-3-11-32-27)17-24-6-4-22(16-33-24)20-8-12-35(13-9-20)29(38)39/h3-8,10-11,14-16,19H,9,12-13,17H2,1-2H3,(H2,30,34)(H,38,39)/t19-/m1/s1. The van der Waals surface area contributed by atoms with Gasteiger partial charge in [-0.05, 0) is 73.4 Å². The number of hydrogen-bond donors (Lipinski definition) is 2. The van der Waals surface area contributed by atoms with Crippen LogP contribution in [0, 0.1) is 6.92 Å². The summed E-state index contributed by atoms with van der Waals surface area (Å²) in [7, 11) is 0. The van der Waals surface area contributed by atoms with Crippen LogP contribution in [-0.4, -0.2) is 59.9 Å². The van der Waals surface area contributed by atoms with Crippen molar-refractivity contribution in [1.29, 1.82) is 0 Å². The maximum atomic E-state index is 13.9. The lowest BCUT2D eigenvalue weighted by atomic mass is 10.0. The van der Waals surface area contributed by atoms with Gasteiger partial charge < -0.3 is 20.6 Å². The summed E-state index contributed by atoms with van der Waals surface area (Å²) in [5.41, 5.74) is 10.8. The van der Waals surface area contributed by atoms with Crippen LogP contribution in [-0.2, 0) is 6.54 Å². The third-order valence-corrected chi connectivity index (χ3v) is 6.99. The van der Waals surface area contributed by atoms with Gasteiger partial charge in [-0.25, -0.2) is 19.7 Å². The van der Waals surface area contributed by atoms with Gasteiger partial charge >= 0.3 is 6.09 Å². The van der Waals surface area contributed by atoms with Crippen molar-refractivity contribution >= 4 is 34.3 Å². The number of amides is 2. The molecule has 1 aliphatic rings. The van der Waals surface area contributed by atoms with Crippen LogP contribution in [0.4, 0.5) is 10.6 Å². The van der Waals surface area contributed by atoms with Crippen LogP contribution in [0.3, 0.4) is 0 Å². The molecule has 3 aromatic heterocycles. The highest BCUT2D eigenvalue weighted by atomic mass is 16.4. The van der Waals surface area contributed by atoms with Crippen LogP contribution in [0.1, 0.15) is 52.4 Å². The van der Waals surface area contributed by atoms with Crippen LogP contribution >= 0.6 is 0 Å². The zero-order chi connectivity index (χ0) is 27.5. The van der Waals surface area contributed by atoms with E-state index < -0.39 is 12.1 Å². The fourth-order valence-corrected chi connectivity index (χ4v) is 4.63. The van der Waals surface area contributed by atoms with Crippen molar-refractivity contribution < 1.29 is 14.7 Å². The topological polar surface area (TPSA) is 138 Å². The van der Waals surface area contributed by atoms with E-state index in [1.165, 1.54) is 4.90 Å². The molecule has 3 N–H and O–H groups in total. The van der Waals surface area contributed by atoms with E-state index in [-0.39, 0.29) is 12.5 Å². The SMILES string of the molecule is Cc1cc2cc(C(=O)N(Cc3ccc(C4=CCN(C(=O)O)CC4)cn3)[C@H](C)c3ncccn3)ccc2nc1N. The van der Waals surface area contributed by atoms with Gasteiger partial charge in [0.25, 0.3) is 5.91 Å². The molecule has 10 heteroatoms. The summed E-state index contributed by atoms with van der Waals surface area (Å²) >= 11 is 0. The molecule has 4 heterocycles. The minimum Gasteiger partial charge on any atom is -0.465 e. The van der Waals surface area contributed by atoms with Crippen LogP contribution in [0.2, 0.25) is 0 Å². The Labute approximate surface area is 225 Å². The van der Waals surface area contributed by atoms with Crippen molar-refractivity contribution in [3.63, 3.8) is 0 Å². The Morgan fingerprint density at radius 1 is 1.13 bits per heavy atom. The second-order valence-electron chi connectivity index (χ2n) is 9.56. The molecule has 2 amide bonds. The van der Waals surface area contributed by atoms with E-state index in [2.05, 4.69) is 19.9 Å². The van der Waals surface area contributed by atoms with E-state index in [0.29, 0.717) is 42.4 Å². The van der Waals surface area contributed by atoms with Crippen molar-refractivity contribution in [1.82, 2.24) is 29.7 Å². The first-order valence-electron chi connectivity index (χ1n) is 12.7. The number of benzene rings is 1. The molecule has 0 aliphatic carbocycles. The van der Waals surface area contributed by atoms with Crippen molar-refractivity contribution in [3.05, 3.63) is 95.3 Å². The Balaban J connectivity index is 1.42. The smallest absolute Gasteiger partial charge is 0.407 e. The lowest BCUT2D eigenvalue weighted by Crippen LogP contribution is -2.34. The highest BCUT2D eigenvalue weighted by molar-refractivity contribution is 5.98. The number of aromatic nitrogens is 4. The van der Waals surface area contributed by atoms with Gasteiger partial charge in [0.2, 0.25) is 0 Å². The highest BCUT2D eigenvalue weighted by Gasteiger charge is 2.26. The van der Waals surface area contributed by atoms with Crippen molar-refractivity contribution in [3.8, 4) is 0 Å². The molecular formula is C29H29N7O3. The molecule has 10 nitrogen and oxygen atoms in total. The summed E-state index contributed by atoms with van der Waals surface area (Å²) in [5, 5.41) is 10.0. The number of nitrogens with zero attached hydrogens (tertiary/aromatic N) is 6. The maximum absolute atomic E-state index is 13.9. The molecule has 4 aromatic rings. The largest absolute Gasteiger partial charge is 0.465 e. The van der Waals surface area contributed by atoms with E-state index in [0.717, 1.165) is 27.6 Å². The minimum absolute atomic E-state index is 0.180. The molecule has 0 saturated heterocycles. The number of carboxylic acid groups (broad SMARTS) is 1. The first-order valence-corrected chi connectivity index (χ1v) is 12.7. The fourth-order valence-electron chi connectivity index (χ4n) is 4.63. The number of aryl methyl sites for hydroxylation is 1. The number of hydrogen-bond acceptors (Lipinski definition) is 7. The molecule has 1 aromatic carbocycles. The van der Waals surface area contributed by atoms with Gasteiger partial charge in [-0.3, -0.25) is 9.78 Å². The molecule has 1 atom stereocenters. The maximum Gasteiger partial charge on any atom is 0.407 e. The van der Waals surface area contributed by atoms with Crippen molar-refractivity contribution in [2.75, 3.05) is 18.8 Å². The average Bonchev–Trinajstić information content (AvgIpc) is 2.96. The molecule has 198 valence electrons. The number of carbonyl (C=O) groups excluding carboxylic acids is 1. The number of nitrogens with two attached hydrogens (primary N) is 1. The first kappa shape index (κ1) is 25.8. The predicted octanol–water partition coefficient (Wildman–Crippen LogP) is 4.48. The molecule has 0 radical (unpaired) electrons. The predicted molar refractivity (Wildman–Crippen MR) is 148 cm³/mol. The number of nitrogen functional groups attached to an aromatic ring is 1. The Morgan fingerprint density at radius 2 is 1.92 bits per heavy atom. The van der Waals surface area contributed by atoms with E-state index in [1.807, 2.05) is 44.2 Å². The quantitative estimate of drug-likeness (QED) is 0.377. The molecular weight excluding hydrogens is 494 g/mol. The summed E-state index contributed by atoms with van der Waals surface area (Å²) in [6.45, 7) is 4.85. The molecule has 0 unspecified atom stereocenters. The van der Waals surface area contributed by atoms with Crippen LogP contribution in [0.15, 0.2) is 67.1 Å². The van der Waals surface area contributed by atoms with Gasteiger partial charge in [-0.2, -0.15) is 0 Å². The number of anilines is 1. The molecule has 0 fully saturated rings. The number of fused-ring (bicyclic) bond motifs is 1. The van der Waals surface area contributed by atoms with Gasteiger partial charge in [-0.1, -0.05) is 12.1 Å². The number of rotatable bonds is 6. The Hall–Kier alpha value is -4.86. The van der Waals surface area contributed by atoms with Crippen molar-refractivity contribution in [2.24, 2.45) is 0 Å². The van der Waals surface area contributed by atoms with Gasteiger partial charge in [-0.15, -0.1) is 0 Å². The molecule has 1 aliphatic heterocycles. The summed E-state index contributed by atoms with van der Waals surface area (Å²) < 4.78 is 0. The summed E-state index contributed by atoms with van der Waals surface area (Å²) in [5.74, 6) is 0.820. The Kier molecular flexibility index (Phi) is 7.18. The summed E-state index contributed by atoms with van der Waals surface area (Å²) in [6.07, 6.45) is 6.73. The van der Waals surface area contributed by atoms with Gasteiger partial charge in [0.15, 0.2) is 0 Å². The van der Waals surface area contributed by atoms with Gasteiger partial charge in [0, 0.05) is 42.6 Å². The zero-order valence-corrected chi connectivity index (χ0v) is 21.8. The molecule has 0 bridgehead atoms. The third kappa shape index (κ3) is 5.54. The second kappa shape index (κ2) is 10.9. The van der Waals surface area contributed by atoms with E-state index >= 15 is 0 Å². The highest BCUT2D eigenvalue weighted by Crippen LogP contribution is 2.26. The lowest BCUT2D eigenvalue weighted by molar-refractivity contribution is 0.0663. The Morgan fingerprint density at radius 3 is 2.59 bits per heavy atom. The van der Waals surface area contributed by atoms with E-state index in [1.54, 1.807) is 41.7 Å². The molecule has 0 spiro atoms. The van der Waals surface area contributed by atoms with Gasteiger partial charge in [0.05, 0.1) is 23.8 Å². The van der Waals surface area contributed by atoms with E-state index in [4.69, 9.17) is 5.73 Å². The molecule has 39 heavy (non-hydrogen) atoms. The third-order valence-electron chi connectivity index (χ3n) is 6.99. The van der Waals surface area contributed by atoms with Crippen LogP contribution in [0.5, 0.6) is 0 Å². The second-order valence-corrected chi connectivity index (χ2v) is 9.56. The summed E-state index contributed by atoms with van der Waals surface area (Å²) in [4.78, 5) is 46.0. The number of pyridine rings is 2. The van der Waals surface area contributed by atoms with Crippen LogP contribution < -0.4 is 5.73 Å². The van der Waals surface area contributed by atoms with Crippen LogP contribution in [0.25, 0.3) is 16.5 Å². The molecule has 0 saturated carbocycles. The monoisotopic (exact) mass is 523 g/mol. The summed E-state index contributed by atoms with van der Waals surface area (Å²) in [6, 6.07) is 12.5. The lowest BCUT2D eigenvalue weighted by Gasteiger charge is -2.28. The normalized spacial score (nSPS) is 14.1. The minimum atomic E-state index is -0.915. The van der Waals surface area contributed by atoms with E-state index in [9.17, 15) is 14.7 Å². The Bertz CT molecular complexity index is 1550. The van der Waals surface area contributed by atoms with Gasteiger partial charge in [0.1, 0.15) is 11.6 Å². The fraction of sp³-hybridized carbons (Fsp3) is 0.241. The van der Waals surface area contributed by atoms with Crippen molar-refractivity contribution in [2.45, 2.75) is 32.9 Å². The average molecular weight is 524 g/mol. The molecule has 5 rings (SSSR count).